The Morgan fingerprint density at radius 3 is 2.86 bits per heavy atom. The van der Waals surface area contributed by atoms with E-state index in [1.54, 1.807) is 7.05 Å². The summed E-state index contributed by atoms with van der Waals surface area (Å²) in [7, 11) is 1.75. The highest BCUT2D eigenvalue weighted by Crippen LogP contribution is 2.31. The largest absolute Gasteiger partial charge is 0.461 e. The van der Waals surface area contributed by atoms with E-state index < -0.39 is 0 Å². The standard InChI is InChI=1S/C22H24N4O2/c1-23-22(24-11-10-17-12-15-6-2-5-9-20(15)28-17)25-14-16-13-21(27)26-19-8-4-3-7-18(16)19/h2-9,12,16H,10-11,13-14H2,1H3,(H,26,27)(H2,23,24,25). The van der Waals surface area contributed by atoms with E-state index in [1.807, 2.05) is 36.4 Å². The number of hydrogen-bond acceptors (Lipinski definition) is 3. The molecule has 0 bridgehead atoms. The maximum Gasteiger partial charge on any atom is 0.225 e. The van der Waals surface area contributed by atoms with Crippen molar-refractivity contribution in [2.75, 3.05) is 25.5 Å². The molecule has 0 radical (unpaired) electrons. The van der Waals surface area contributed by atoms with Crippen molar-refractivity contribution < 1.29 is 9.21 Å². The molecular weight excluding hydrogens is 352 g/mol. The zero-order chi connectivity index (χ0) is 19.3. The van der Waals surface area contributed by atoms with E-state index in [0.29, 0.717) is 19.5 Å². The predicted molar refractivity (Wildman–Crippen MR) is 112 cm³/mol. The molecule has 0 fully saturated rings. The fourth-order valence-electron chi connectivity index (χ4n) is 3.59. The van der Waals surface area contributed by atoms with Crippen LogP contribution in [0.15, 0.2) is 64.0 Å². The van der Waals surface area contributed by atoms with Crippen molar-refractivity contribution in [2.45, 2.75) is 18.8 Å². The van der Waals surface area contributed by atoms with Gasteiger partial charge in [0.2, 0.25) is 5.91 Å². The van der Waals surface area contributed by atoms with Gasteiger partial charge in [-0.2, -0.15) is 0 Å². The minimum atomic E-state index is 0.0540. The number of carbonyl (C=O) groups excluding carboxylic acids is 1. The second-order valence-electron chi connectivity index (χ2n) is 6.92. The lowest BCUT2D eigenvalue weighted by Gasteiger charge is -2.26. The molecule has 0 aliphatic carbocycles. The first kappa shape index (κ1) is 18.1. The van der Waals surface area contributed by atoms with Gasteiger partial charge in [0.15, 0.2) is 5.96 Å². The number of aliphatic imine (C=N–C) groups is 1. The SMILES string of the molecule is CN=C(NCCc1cc2ccccc2o1)NCC1CC(=O)Nc2ccccc21. The lowest BCUT2D eigenvalue weighted by atomic mass is 9.90. The second-order valence-corrected chi connectivity index (χ2v) is 6.92. The maximum atomic E-state index is 12.0. The number of hydrogen-bond donors (Lipinski definition) is 3. The normalized spacial score (nSPS) is 16.5. The third-order valence-corrected chi connectivity index (χ3v) is 4.99. The van der Waals surface area contributed by atoms with Crippen molar-refractivity contribution in [3.05, 3.63) is 65.9 Å². The minimum absolute atomic E-state index is 0.0540. The molecule has 3 N–H and O–H groups in total. The highest BCUT2D eigenvalue weighted by molar-refractivity contribution is 5.94. The number of para-hydroxylation sites is 2. The Labute approximate surface area is 164 Å². The van der Waals surface area contributed by atoms with Crippen LogP contribution in [0.3, 0.4) is 0 Å². The second kappa shape index (κ2) is 8.17. The summed E-state index contributed by atoms with van der Waals surface area (Å²) in [6, 6.07) is 18.0. The summed E-state index contributed by atoms with van der Waals surface area (Å²) in [5, 5.41) is 10.7. The molecule has 4 rings (SSSR count). The minimum Gasteiger partial charge on any atom is -0.461 e. The number of carbonyl (C=O) groups is 1. The van der Waals surface area contributed by atoms with Crippen LogP contribution >= 0.6 is 0 Å². The summed E-state index contributed by atoms with van der Waals surface area (Å²) >= 11 is 0. The molecule has 6 nitrogen and oxygen atoms in total. The molecule has 6 heteroatoms. The third-order valence-electron chi connectivity index (χ3n) is 4.99. The van der Waals surface area contributed by atoms with Crippen LogP contribution in [0, 0.1) is 0 Å². The van der Waals surface area contributed by atoms with Crippen LogP contribution in [0.25, 0.3) is 11.0 Å². The number of guanidine groups is 1. The van der Waals surface area contributed by atoms with Gasteiger partial charge in [0.25, 0.3) is 0 Å². The van der Waals surface area contributed by atoms with Crippen LogP contribution in [0.4, 0.5) is 5.69 Å². The molecular formula is C22H24N4O2. The van der Waals surface area contributed by atoms with Crippen LogP contribution in [0.2, 0.25) is 0 Å². The summed E-state index contributed by atoms with van der Waals surface area (Å²) in [4.78, 5) is 16.2. The number of nitrogens with one attached hydrogen (secondary N) is 3. The summed E-state index contributed by atoms with van der Waals surface area (Å²) < 4.78 is 5.84. The molecule has 1 aromatic heterocycles. The van der Waals surface area contributed by atoms with E-state index in [0.717, 1.165) is 40.4 Å². The van der Waals surface area contributed by atoms with E-state index in [4.69, 9.17) is 4.42 Å². The molecule has 0 saturated heterocycles. The highest BCUT2D eigenvalue weighted by atomic mass is 16.3. The molecule has 2 aromatic carbocycles. The van der Waals surface area contributed by atoms with Crippen molar-refractivity contribution in [3.63, 3.8) is 0 Å². The van der Waals surface area contributed by atoms with Gasteiger partial charge in [-0.05, 0) is 23.8 Å². The molecule has 3 aromatic rings. The quantitative estimate of drug-likeness (QED) is 0.472. The molecule has 1 unspecified atom stereocenters. The van der Waals surface area contributed by atoms with Crippen LogP contribution in [0.1, 0.15) is 23.7 Å². The van der Waals surface area contributed by atoms with Gasteiger partial charge >= 0.3 is 0 Å². The zero-order valence-corrected chi connectivity index (χ0v) is 15.9. The lowest BCUT2D eigenvalue weighted by Crippen LogP contribution is -2.41. The van der Waals surface area contributed by atoms with E-state index in [-0.39, 0.29) is 11.8 Å². The average Bonchev–Trinajstić information content (AvgIpc) is 3.13. The van der Waals surface area contributed by atoms with Gasteiger partial charge in [-0.1, -0.05) is 36.4 Å². The van der Waals surface area contributed by atoms with Crippen molar-refractivity contribution in [1.29, 1.82) is 0 Å². The van der Waals surface area contributed by atoms with Crippen molar-refractivity contribution in [2.24, 2.45) is 4.99 Å². The fourth-order valence-corrected chi connectivity index (χ4v) is 3.59. The van der Waals surface area contributed by atoms with Crippen LogP contribution in [-0.2, 0) is 11.2 Å². The molecule has 0 saturated carbocycles. The van der Waals surface area contributed by atoms with Gasteiger partial charge in [0.05, 0.1) is 0 Å². The summed E-state index contributed by atoms with van der Waals surface area (Å²) in [5.41, 5.74) is 2.97. The molecule has 1 amide bonds. The molecule has 1 atom stereocenters. The van der Waals surface area contributed by atoms with E-state index >= 15 is 0 Å². The van der Waals surface area contributed by atoms with E-state index in [1.165, 1.54) is 0 Å². The number of nitrogens with zero attached hydrogens (tertiary/aromatic N) is 1. The van der Waals surface area contributed by atoms with Crippen molar-refractivity contribution in [1.82, 2.24) is 10.6 Å². The average molecular weight is 376 g/mol. The van der Waals surface area contributed by atoms with Gasteiger partial charge in [0, 0.05) is 50.0 Å². The lowest BCUT2D eigenvalue weighted by molar-refractivity contribution is -0.116. The Balaban J connectivity index is 1.31. The number of amides is 1. The molecule has 1 aliphatic heterocycles. The summed E-state index contributed by atoms with van der Waals surface area (Å²) in [6.45, 7) is 1.36. The molecule has 0 spiro atoms. The topological polar surface area (TPSA) is 78.7 Å². The Hall–Kier alpha value is -3.28. The van der Waals surface area contributed by atoms with Crippen LogP contribution < -0.4 is 16.0 Å². The Morgan fingerprint density at radius 2 is 2.00 bits per heavy atom. The number of furan rings is 1. The van der Waals surface area contributed by atoms with Gasteiger partial charge in [-0.3, -0.25) is 9.79 Å². The first-order valence-corrected chi connectivity index (χ1v) is 9.53. The van der Waals surface area contributed by atoms with Gasteiger partial charge in [0.1, 0.15) is 11.3 Å². The van der Waals surface area contributed by atoms with Crippen LogP contribution in [-0.4, -0.2) is 32.0 Å². The smallest absolute Gasteiger partial charge is 0.225 e. The van der Waals surface area contributed by atoms with Gasteiger partial charge < -0.3 is 20.4 Å². The monoisotopic (exact) mass is 376 g/mol. The van der Waals surface area contributed by atoms with E-state index in [2.05, 4.69) is 39.1 Å². The van der Waals surface area contributed by atoms with E-state index in [9.17, 15) is 4.79 Å². The molecule has 2 heterocycles. The van der Waals surface area contributed by atoms with Crippen molar-refractivity contribution >= 4 is 28.5 Å². The maximum absolute atomic E-state index is 12.0. The zero-order valence-electron chi connectivity index (χ0n) is 15.9. The summed E-state index contributed by atoms with van der Waals surface area (Å²) in [6.07, 6.45) is 1.24. The third kappa shape index (κ3) is 4.01. The van der Waals surface area contributed by atoms with Gasteiger partial charge in [-0.15, -0.1) is 0 Å². The highest BCUT2D eigenvalue weighted by Gasteiger charge is 2.24. The number of benzene rings is 2. The number of rotatable bonds is 5. The first-order valence-electron chi connectivity index (χ1n) is 9.53. The Bertz CT molecular complexity index is 975. The van der Waals surface area contributed by atoms with Crippen LogP contribution in [0.5, 0.6) is 0 Å². The van der Waals surface area contributed by atoms with Gasteiger partial charge in [-0.25, -0.2) is 0 Å². The molecule has 28 heavy (non-hydrogen) atoms. The Morgan fingerprint density at radius 1 is 1.18 bits per heavy atom. The summed E-state index contributed by atoms with van der Waals surface area (Å²) in [5.74, 6) is 1.85. The Kier molecular flexibility index (Phi) is 5.28. The number of anilines is 1. The predicted octanol–water partition coefficient (Wildman–Crippen LogP) is 3.27. The molecule has 1 aliphatic rings. The molecule has 144 valence electrons. The first-order chi connectivity index (χ1) is 13.7. The van der Waals surface area contributed by atoms with Crippen molar-refractivity contribution in [3.8, 4) is 0 Å². The number of fused-ring (bicyclic) bond motifs is 2. The fraction of sp³-hybridized carbons (Fsp3) is 0.273.